The fourth-order valence-corrected chi connectivity index (χ4v) is 5.25. The van der Waals surface area contributed by atoms with E-state index >= 15 is 0 Å². The minimum absolute atomic E-state index is 0.0627. The van der Waals surface area contributed by atoms with E-state index in [0.717, 1.165) is 36.5 Å². The number of hydrogen-bond donors (Lipinski definition) is 1. The Hall–Kier alpha value is -2.16. The van der Waals surface area contributed by atoms with Crippen molar-refractivity contribution in [3.63, 3.8) is 0 Å². The van der Waals surface area contributed by atoms with Gasteiger partial charge in [-0.1, -0.05) is 11.6 Å². The van der Waals surface area contributed by atoms with Crippen LogP contribution in [0.2, 0.25) is 5.02 Å². The lowest BCUT2D eigenvalue weighted by atomic mass is 9.81. The second-order valence-corrected chi connectivity index (χ2v) is 9.67. The SMILES string of the molecule is CN1CCC2(C1)CN(C(=O)Nc1nc(CCC(=O)N(C)C)cs1)c1ccc(Cl)cc12. The third-order valence-corrected chi connectivity index (χ3v) is 6.97. The van der Waals surface area contributed by atoms with Crippen molar-refractivity contribution >= 4 is 45.7 Å². The molecule has 2 aliphatic rings. The molecule has 0 saturated carbocycles. The highest BCUT2D eigenvalue weighted by atomic mass is 35.5. The van der Waals surface area contributed by atoms with Crippen LogP contribution in [0.15, 0.2) is 23.6 Å². The van der Waals surface area contributed by atoms with Gasteiger partial charge in [0.25, 0.3) is 0 Å². The number of aryl methyl sites for hydroxylation is 1. The lowest BCUT2D eigenvalue weighted by Gasteiger charge is -2.25. The molecule has 1 aromatic heterocycles. The average Bonchev–Trinajstić information content (AvgIpc) is 3.38. The molecule has 30 heavy (non-hydrogen) atoms. The topological polar surface area (TPSA) is 68.8 Å². The summed E-state index contributed by atoms with van der Waals surface area (Å²) in [5, 5.41) is 6.08. The second kappa shape index (κ2) is 8.17. The maximum atomic E-state index is 13.1. The zero-order valence-corrected chi connectivity index (χ0v) is 19.0. The van der Waals surface area contributed by atoms with Crippen LogP contribution in [0.5, 0.6) is 0 Å². The molecule has 1 fully saturated rings. The minimum Gasteiger partial charge on any atom is -0.349 e. The molecule has 2 aliphatic heterocycles. The van der Waals surface area contributed by atoms with Gasteiger partial charge < -0.3 is 9.80 Å². The number of hydrogen-bond acceptors (Lipinski definition) is 5. The van der Waals surface area contributed by atoms with Crippen molar-refractivity contribution in [1.29, 1.82) is 0 Å². The van der Waals surface area contributed by atoms with Crippen LogP contribution in [0.4, 0.5) is 15.6 Å². The summed E-state index contributed by atoms with van der Waals surface area (Å²) >= 11 is 7.67. The molecule has 4 rings (SSSR count). The molecule has 3 heterocycles. The summed E-state index contributed by atoms with van der Waals surface area (Å²) in [5.74, 6) is 0.0627. The van der Waals surface area contributed by atoms with Crippen LogP contribution in [-0.4, -0.2) is 67.5 Å². The van der Waals surface area contributed by atoms with Gasteiger partial charge in [0.2, 0.25) is 5.91 Å². The molecule has 1 aromatic carbocycles. The molecule has 2 aromatic rings. The Labute approximate surface area is 185 Å². The number of nitrogens with zero attached hydrogens (tertiary/aromatic N) is 4. The van der Waals surface area contributed by atoms with E-state index in [0.29, 0.717) is 29.5 Å². The van der Waals surface area contributed by atoms with Gasteiger partial charge >= 0.3 is 6.03 Å². The number of carbonyl (C=O) groups is 2. The molecule has 0 bridgehead atoms. The van der Waals surface area contributed by atoms with Crippen molar-refractivity contribution in [2.24, 2.45) is 0 Å². The van der Waals surface area contributed by atoms with Gasteiger partial charge in [0, 0.05) is 55.1 Å². The standard InChI is InChI=1S/C21H26ClN5O2S/c1-25(2)18(28)7-5-15-11-30-19(23-15)24-20(29)27-13-21(8-9-26(3)12-21)16-10-14(22)4-6-17(16)27/h4,6,10-11H,5,7-9,12-13H2,1-3H3,(H,23,24,29). The predicted molar refractivity (Wildman–Crippen MR) is 121 cm³/mol. The van der Waals surface area contributed by atoms with Crippen LogP contribution >= 0.6 is 22.9 Å². The van der Waals surface area contributed by atoms with Gasteiger partial charge in [-0.3, -0.25) is 15.0 Å². The molecular formula is C21H26ClN5O2S. The number of anilines is 2. The number of likely N-dealkylation sites (tertiary alicyclic amines) is 1. The zero-order valence-electron chi connectivity index (χ0n) is 17.4. The van der Waals surface area contributed by atoms with E-state index in [1.165, 1.54) is 11.3 Å². The third kappa shape index (κ3) is 4.04. The molecule has 3 amide bonds. The van der Waals surface area contributed by atoms with E-state index in [9.17, 15) is 9.59 Å². The summed E-state index contributed by atoms with van der Waals surface area (Å²) in [6.45, 7) is 2.54. The minimum atomic E-state index is -0.185. The van der Waals surface area contributed by atoms with Crippen LogP contribution in [0.1, 0.15) is 24.1 Å². The molecule has 7 nitrogen and oxygen atoms in total. The molecule has 1 atom stereocenters. The number of fused-ring (bicyclic) bond motifs is 2. The molecule has 9 heteroatoms. The number of urea groups is 1. The van der Waals surface area contributed by atoms with E-state index in [1.807, 2.05) is 28.5 Å². The van der Waals surface area contributed by atoms with E-state index in [1.54, 1.807) is 19.0 Å². The van der Waals surface area contributed by atoms with Crippen LogP contribution in [0.25, 0.3) is 0 Å². The van der Waals surface area contributed by atoms with Crippen molar-refractivity contribution in [2.45, 2.75) is 24.7 Å². The number of likely N-dealkylation sites (N-methyl/N-ethyl adjacent to an activating group) is 1. The first kappa shape index (κ1) is 21.1. The highest BCUT2D eigenvalue weighted by Gasteiger charge is 2.48. The van der Waals surface area contributed by atoms with E-state index in [2.05, 4.69) is 22.2 Å². The largest absolute Gasteiger partial charge is 0.349 e. The van der Waals surface area contributed by atoms with Crippen molar-refractivity contribution in [3.05, 3.63) is 39.9 Å². The number of carbonyl (C=O) groups excluding carboxylic acids is 2. The summed E-state index contributed by atoms with van der Waals surface area (Å²) in [5.41, 5.74) is 2.80. The van der Waals surface area contributed by atoms with Gasteiger partial charge in [0.05, 0.1) is 5.69 Å². The number of nitrogens with one attached hydrogen (secondary N) is 1. The fourth-order valence-electron chi connectivity index (χ4n) is 4.35. The molecule has 0 aliphatic carbocycles. The zero-order chi connectivity index (χ0) is 21.5. The lowest BCUT2D eigenvalue weighted by molar-refractivity contribution is -0.128. The van der Waals surface area contributed by atoms with Gasteiger partial charge in [0.1, 0.15) is 0 Å². The molecule has 1 unspecified atom stereocenters. The normalized spacial score (nSPS) is 20.6. The molecule has 1 saturated heterocycles. The van der Waals surface area contributed by atoms with E-state index < -0.39 is 0 Å². The number of thiazole rings is 1. The quantitative estimate of drug-likeness (QED) is 0.779. The lowest BCUT2D eigenvalue weighted by Crippen LogP contribution is -2.40. The van der Waals surface area contributed by atoms with Crippen LogP contribution in [0, 0.1) is 0 Å². The predicted octanol–water partition coefficient (Wildman–Crippen LogP) is 3.44. The van der Waals surface area contributed by atoms with Crippen LogP contribution in [-0.2, 0) is 16.6 Å². The maximum Gasteiger partial charge on any atom is 0.328 e. The highest BCUT2D eigenvalue weighted by Crippen LogP contribution is 2.47. The van der Waals surface area contributed by atoms with Crippen LogP contribution in [0.3, 0.4) is 0 Å². The Morgan fingerprint density at radius 2 is 2.13 bits per heavy atom. The number of amides is 3. The summed E-state index contributed by atoms with van der Waals surface area (Å²) in [6, 6.07) is 5.59. The Morgan fingerprint density at radius 1 is 1.33 bits per heavy atom. The van der Waals surface area contributed by atoms with Crippen molar-refractivity contribution in [1.82, 2.24) is 14.8 Å². The maximum absolute atomic E-state index is 13.1. The van der Waals surface area contributed by atoms with Crippen LogP contribution < -0.4 is 10.2 Å². The summed E-state index contributed by atoms with van der Waals surface area (Å²) in [7, 11) is 5.59. The Bertz CT molecular complexity index is 978. The summed E-state index contributed by atoms with van der Waals surface area (Å²) < 4.78 is 0. The number of benzene rings is 1. The highest BCUT2D eigenvalue weighted by molar-refractivity contribution is 7.13. The average molecular weight is 448 g/mol. The number of rotatable bonds is 4. The molecule has 1 N–H and O–H groups in total. The van der Waals surface area contributed by atoms with Gasteiger partial charge in [-0.25, -0.2) is 9.78 Å². The molecular weight excluding hydrogens is 422 g/mol. The Morgan fingerprint density at radius 3 is 2.83 bits per heavy atom. The monoisotopic (exact) mass is 447 g/mol. The van der Waals surface area contributed by atoms with E-state index in [-0.39, 0.29) is 17.4 Å². The first-order chi connectivity index (χ1) is 14.3. The van der Waals surface area contributed by atoms with Crippen molar-refractivity contribution < 1.29 is 9.59 Å². The molecule has 160 valence electrons. The Balaban J connectivity index is 1.48. The smallest absolute Gasteiger partial charge is 0.328 e. The Kier molecular flexibility index (Phi) is 5.74. The third-order valence-electron chi connectivity index (χ3n) is 5.93. The van der Waals surface area contributed by atoms with Crippen molar-refractivity contribution in [2.75, 3.05) is 51.0 Å². The summed E-state index contributed by atoms with van der Waals surface area (Å²) in [6.07, 6.45) is 1.96. The first-order valence-corrected chi connectivity index (χ1v) is 11.2. The van der Waals surface area contributed by atoms with Crippen molar-refractivity contribution in [3.8, 4) is 0 Å². The second-order valence-electron chi connectivity index (χ2n) is 8.38. The molecule has 0 radical (unpaired) electrons. The molecule has 1 spiro atoms. The van der Waals surface area contributed by atoms with Gasteiger partial charge in [-0.05, 0) is 50.2 Å². The number of aromatic nitrogens is 1. The van der Waals surface area contributed by atoms with Gasteiger partial charge in [-0.2, -0.15) is 0 Å². The van der Waals surface area contributed by atoms with E-state index in [4.69, 9.17) is 11.6 Å². The van der Waals surface area contributed by atoms with Gasteiger partial charge in [-0.15, -0.1) is 11.3 Å². The first-order valence-electron chi connectivity index (χ1n) is 9.99. The summed E-state index contributed by atoms with van der Waals surface area (Å²) in [4.78, 5) is 35.1. The fraction of sp³-hybridized carbons (Fsp3) is 0.476. The van der Waals surface area contributed by atoms with Gasteiger partial charge in [0.15, 0.2) is 5.13 Å². The number of halogens is 1.